The summed E-state index contributed by atoms with van der Waals surface area (Å²) in [5.74, 6) is 0.0827. The zero-order valence-electron chi connectivity index (χ0n) is 14.1. The van der Waals surface area contributed by atoms with Gasteiger partial charge in [0.25, 0.3) is 0 Å². The first-order chi connectivity index (χ1) is 11.0. The summed E-state index contributed by atoms with van der Waals surface area (Å²) in [4.78, 5) is 2.72. The Hall–Kier alpha value is -0.330. The summed E-state index contributed by atoms with van der Waals surface area (Å²) in [5, 5.41) is 3.78. The summed E-state index contributed by atoms with van der Waals surface area (Å²) in [6.45, 7) is 6.64. The molecule has 0 amide bonds. The first-order valence-electron chi connectivity index (χ1n) is 8.39. The van der Waals surface area contributed by atoms with Crippen molar-refractivity contribution >= 4 is 33.8 Å². The van der Waals surface area contributed by atoms with Crippen molar-refractivity contribution in [3.63, 3.8) is 0 Å². The number of halogens is 2. The molecule has 1 spiro atoms. The van der Waals surface area contributed by atoms with E-state index in [4.69, 9.17) is 11.6 Å². The van der Waals surface area contributed by atoms with Crippen molar-refractivity contribution in [3.05, 3.63) is 28.8 Å². The van der Waals surface area contributed by atoms with Crippen molar-refractivity contribution in [3.8, 4) is 0 Å². The minimum absolute atomic E-state index is 0. The number of piperidine rings is 1. The number of benzene rings is 1. The Morgan fingerprint density at radius 2 is 1.96 bits per heavy atom. The van der Waals surface area contributed by atoms with Crippen LogP contribution in [0.1, 0.15) is 31.7 Å². The summed E-state index contributed by atoms with van der Waals surface area (Å²) in [7, 11) is -3.30. The molecule has 1 aromatic rings. The molecule has 0 bridgehead atoms. The van der Waals surface area contributed by atoms with Crippen LogP contribution in [0.2, 0.25) is 5.02 Å². The topological polar surface area (TPSA) is 49.4 Å². The van der Waals surface area contributed by atoms with Crippen molar-refractivity contribution < 1.29 is 8.42 Å². The Balaban J connectivity index is 0.00000208. The molecule has 4 nitrogen and oxygen atoms in total. The van der Waals surface area contributed by atoms with Crippen molar-refractivity contribution in [2.24, 2.45) is 5.41 Å². The molecular weight excluding hydrogens is 367 g/mol. The van der Waals surface area contributed by atoms with Crippen LogP contribution in [0.3, 0.4) is 0 Å². The summed E-state index contributed by atoms with van der Waals surface area (Å²) >= 11 is 6.21. The number of likely N-dealkylation sites (tertiary alicyclic amines) is 1. The third kappa shape index (κ3) is 4.07. The molecular formula is C17H26Cl2N2O2S. The second-order valence-corrected chi connectivity index (χ2v) is 9.46. The van der Waals surface area contributed by atoms with Gasteiger partial charge in [-0.1, -0.05) is 30.7 Å². The molecule has 2 saturated heterocycles. The molecule has 24 heavy (non-hydrogen) atoms. The predicted molar refractivity (Wildman–Crippen MR) is 101 cm³/mol. The van der Waals surface area contributed by atoms with Crippen LogP contribution in [0.15, 0.2) is 23.1 Å². The number of hydrogen-bond acceptors (Lipinski definition) is 4. The summed E-state index contributed by atoms with van der Waals surface area (Å²) in [6, 6.07) is 5.43. The lowest BCUT2D eigenvalue weighted by atomic mass is 9.78. The van der Waals surface area contributed by atoms with Gasteiger partial charge in [0, 0.05) is 13.1 Å². The van der Waals surface area contributed by atoms with E-state index in [1.54, 1.807) is 13.0 Å². The van der Waals surface area contributed by atoms with Crippen molar-refractivity contribution in [1.82, 2.24) is 10.2 Å². The Morgan fingerprint density at radius 1 is 1.25 bits per heavy atom. The lowest BCUT2D eigenvalue weighted by molar-refractivity contribution is 0.193. The smallest absolute Gasteiger partial charge is 0.179 e. The van der Waals surface area contributed by atoms with Crippen LogP contribution in [0.5, 0.6) is 0 Å². The molecule has 0 radical (unpaired) electrons. The fraction of sp³-hybridized carbons (Fsp3) is 0.647. The monoisotopic (exact) mass is 392 g/mol. The minimum atomic E-state index is -3.30. The molecule has 0 saturated carbocycles. The fourth-order valence-corrected chi connectivity index (χ4v) is 5.67. The minimum Gasteiger partial charge on any atom is -0.317 e. The molecule has 1 N–H and O–H groups in total. The number of sulfone groups is 1. The molecule has 1 aromatic carbocycles. The zero-order valence-corrected chi connectivity index (χ0v) is 16.4. The number of rotatable bonds is 4. The van der Waals surface area contributed by atoms with Crippen LogP contribution < -0.4 is 5.32 Å². The molecule has 3 rings (SSSR count). The van der Waals surface area contributed by atoms with E-state index in [1.807, 2.05) is 12.1 Å². The number of nitrogens with zero attached hydrogens (tertiary/aromatic N) is 1. The molecule has 2 heterocycles. The standard InChI is InChI=1S/C17H25ClN2O2S.ClH/c1-2-23(21,22)16-14(4-3-5-15(16)18)12-20-11-8-17(13-20)6-9-19-10-7-17;/h3-5,19H,2,6-13H2,1H3;1H. The third-order valence-corrected chi connectivity index (χ3v) is 7.61. The van der Waals surface area contributed by atoms with Gasteiger partial charge in [0.15, 0.2) is 9.84 Å². The van der Waals surface area contributed by atoms with E-state index in [9.17, 15) is 8.42 Å². The van der Waals surface area contributed by atoms with E-state index in [2.05, 4.69) is 10.2 Å². The van der Waals surface area contributed by atoms with Crippen LogP contribution in [0, 0.1) is 5.41 Å². The lowest BCUT2D eigenvalue weighted by Crippen LogP contribution is -2.38. The second kappa shape index (κ2) is 7.92. The quantitative estimate of drug-likeness (QED) is 0.854. The second-order valence-electron chi connectivity index (χ2n) is 6.84. The highest BCUT2D eigenvalue weighted by molar-refractivity contribution is 7.91. The van der Waals surface area contributed by atoms with E-state index in [1.165, 1.54) is 19.3 Å². The predicted octanol–water partition coefficient (Wildman–Crippen LogP) is 3.13. The molecule has 2 fully saturated rings. The van der Waals surface area contributed by atoms with Gasteiger partial charge in [-0.15, -0.1) is 12.4 Å². The third-order valence-electron chi connectivity index (χ3n) is 5.32. The van der Waals surface area contributed by atoms with E-state index in [-0.39, 0.29) is 18.2 Å². The van der Waals surface area contributed by atoms with Gasteiger partial charge in [0.1, 0.15) is 0 Å². The molecule has 0 aromatic heterocycles. The maximum absolute atomic E-state index is 12.4. The van der Waals surface area contributed by atoms with E-state index in [0.717, 1.165) is 31.7 Å². The van der Waals surface area contributed by atoms with Crippen molar-refractivity contribution in [1.29, 1.82) is 0 Å². The molecule has 0 unspecified atom stereocenters. The Labute approximate surface area is 156 Å². The van der Waals surface area contributed by atoms with Crippen LogP contribution >= 0.6 is 24.0 Å². The van der Waals surface area contributed by atoms with Crippen LogP contribution in [-0.4, -0.2) is 45.2 Å². The summed E-state index contributed by atoms with van der Waals surface area (Å²) in [6.07, 6.45) is 3.66. The fourth-order valence-electron chi connectivity index (χ4n) is 3.94. The van der Waals surface area contributed by atoms with E-state index < -0.39 is 9.84 Å². The van der Waals surface area contributed by atoms with E-state index >= 15 is 0 Å². The van der Waals surface area contributed by atoms with Gasteiger partial charge < -0.3 is 5.32 Å². The molecule has 136 valence electrons. The largest absolute Gasteiger partial charge is 0.317 e. The highest BCUT2D eigenvalue weighted by Gasteiger charge is 2.39. The Kier molecular flexibility index (Phi) is 6.59. The number of nitrogens with one attached hydrogen (secondary N) is 1. The average Bonchev–Trinajstić information content (AvgIpc) is 2.90. The Bertz CT molecular complexity index is 673. The van der Waals surface area contributed by atoms with Crippen LogP contribution in [0.4, 0.5) is 0 Å². The Morgan fingerprint density at radius 3 is 2.62 bits per heavy atom. The van der Waals surface area contributed by atoms with Crippen molar-refractivity contribution in [2.45, 2.75) is 37.6 Å². The number of hydrogen-bond donors (Lipinski definition) is 1. The molecule has 0 aliphatic carbocycles. The van der Waals surface area contributed by atoms with Crippen molar-refractivity contribution in [2.75, 3.05) is 31.9 Å². The molecule has 0 atom stereocenters. The maximum Gasteiger partial charge on any atom is 0.179 e. The van der Waals surface area contributed by atoms with Gasteiger partial charge >= 0.3 is 0 Å². The summed E-state index contributed by atoms with van der Waals surface area (Å²) < 4.78 is 24.8. The van der Waals surface area contributed by atoms with Gasteiger partial charge in [-0.3, -0.25) is 4.90 Å². The van der Waals surface area contributed by atoms with Gasteiger partial charge in [-0.2, -0.15) is 0 Å². The zero-order chi connectivity index (χ0) is 16.5. The first-order valence-corrected chi connectivity index (χ1v) is 10.4. The molecule has 7 heteroatoms. The molecule has 2 aliphatic rings. The van der Waals surface area contributed by atoms with Crippen LogP contribution in [-0.2, 0) is 16.4 Å². The van der Waals surface area contributed by atoms with Gasteiger partial charge in [0.05, 0.1) is 15.7 Å². The highest BCUT2D eigenvalue weighted by Crippen LogP contribution is 2.39. The van der Waals surface area contributed by atoms with Gasteiger partial charge in [-0.05, 0) is 55.9 Å². The van der Waals surface area contributed by atoms with Gasteiger partial charge in [-0.25, -0.2) is 8.42 Å². The normalized spacial score (nSPS) is 20.9. The maximum atomic E-state index is 12.4. The summed E-state index contributed by atoms with van der Waals surface area (Å²) in [5.41, 5.74) is 1.26. The highest BCUT2D eigenvalue weighted by atomic mass is 35.5. The SMILES string of the molecule is CCS(=O)(=O)c1c(Cl)cccc1CN1CCC2(CCNCC2)C1.Cl. The molecule has 2 aliphatic heterocycles. The lowest BCUT2D eigenvalue weighted by Gasteiger charge is -2.34. The average molecular weight is 393 g/mol. The first kappa shape index (κ1) is 20.0. The van der Waals surface area contributed by atoms with Gasteiger partial charge in [0.2, 0.25) is 0 Å². The van der Waals surface area contributed by atoms with Crippen LogP contribution in [0.25, 0.3) is 0 Å². The van der Waals surface area contributed by atoms with E-state index in [0.29, 0.717) is 21.9 Å².